The van der Waals surface area contributed by atoms with Crippen LogP contribution in [0, 0.1) is 6.92 Å². The van der Waals surface area contributed by atoms with Crippen molar-refractivity contribution in [1.82, 2.24) is 15.3 Å². The van der Waals surface area contributed by atoms with Gasteiger partial charge in [-0.05, 0) is 26.3 Å². The number of aromatic nitrogens is 2. The maximum Gasteiger partial charge on any atom is 0.318 e. The van der Waals surface area contributed by atoms with E-state index in [1.165, 1.54) is 0 Å². The second-order valence-corrected chi connectivity index (χ2v) is 4.07. The summed E-state index contributed by atoms with van der Waals surface area (Å²) >= 11 is 5.88. The van der Waals surface area contributed by atoms with E-state index in [0.29, 0.717) is 11.2 Å². The maximum atomic E-state index is 5.88. The molecule has 4 nitrogen and oxygen atoms in total. The largest absolute Gasteiger partial charge is 0.459 e. The van der Waals surface area contributed by atoms with Crippen LogP contribution in [0.15, 0.2) is 6.20 Å². The summed E-state index contributed by atoms with van der Waals surface area (Å²) in [7, 11) is 0. The molecule has 16 heavy (non-hydrogen) atoms. The van der Waals surface area contributed by atoms with Crippen molar-refractivity contribution in [3.63, 3.8) is 0 Å². The Morgan fingerprint density at radius 2 is 2.38 bits per heavy atom. The Morgan fingerprint density at radius 1 is 1.56 bits per heavy atom. The van der Waals surface area contributed by atoms with Gasteiger partial charge >= 0.3 is 6.01 Å². The van der Waals surface area contributed by atoms with E-state index < -0.39 is 0 Å². The summed E-state index contributed by atoms with van der Waals surface area (Å²) in [6.45, 7) is 3.79. The highest BCUT2D eigenvalue weighted by molar-refractivity contribution is 6.30. The van der Waals surface area contributed by atoms with Crippen molar-refractivity contribution < 1.29 is 4.74 Å². The van der Waals surface area contributed by atoms with E-state index in [9.17, 15) is 0 Å². The van der Waals surface area contributed by atoms with Gasteiger partial charge in [0.25, 0.3) is 0 Å². The van der Waals surface area contributed by atoms with E-state index in [1.807, 2.05) is 6.92 Å². The standard InChI is InChI=1S/C10H14ClN3O.ClH/c1-7-5-13-10(14-9(7)11)15-8-3-2-4-12-6-8;/h5,8,12H,2-4,6H2,1H3;1H/t8-;/m0./s1. The minimum absolute atomic E-state index is 0. The second kappa shape index (κ2) is 6.23. The summed E-state index contributed by atoms with van der Waals surface area (Å²) in [6, 6.07) is 0.374. The molecular weight excluding hydrogens is 249 g/mol. The molecule has 0 spiro atoms. The molecule has 1 N–H and O–H groups in total. The number of rotatable bonds is 2. The molecule has 1 aliphatic heterocycles. The third kappa shape index (κ3) is 3.47. The maximum absolute atomic E-state index is 5.88. The topological polar surface area (TPSA) is 47.0 Å². The van der Waals surface area contributed by atoms with E-state index in [1.54, 1.807) is 6.20 Å². The van der Waals surface area contributed by atoms with Crippen LogP contribution in [0.1, 0.15) is 18.4 Å². The molecule has 0 aliphatic carbocycles. The summed E-state index contributed by atoms with van der Waals surface area (Å²) in [6.07, 6.45) is 4.02. The Morgan fingerprint density at radius 3 is 3.00 bits per heavy atom. The molecule has 1 aromatic rings. The van der Waals surface area contributed by atoms with Crippen LogP contribution >= 0.6 is 24.0 Å². The lowest BCUT2D eigenvalue weighted by Crippen LogP contribution is -2.37. The molecule has 0 bridgehead atoms. The fourth-order valence-corrected chi connectivity index (χ4v) is 1.65. The van der Waals surface area contributed by atoms with Crippen molar-refractivity contribution in [3.8, 4) is 6.01 Å². The molecular formula is C10H15Cl2N3O. The first-order valence-electron chi connectivity index (χ1n) is 5.12. The number of aryl methyl sites for hydroxylation is 1. The van der Waals surface area contributed by atoms with Gasteiger partial charge in [-0.2, -0.15) is 4.98 Å². The third-order valence-corrected chi connectivity index (χ3v) is 2.79. The highest BCUT2D eigenvalue weighted by atomic mass is 35.5. The molecule has 6 heteroatoms. The molecule has 2 rings (SSSR count). The number of piperidine rings is 1. The number of ether oxygens (including phenoxy) is 1. The molecule has 1 aromatic heterocycles. The van der Waals surface area contributed by atoms with Crippen LogP contribution in [0.4, 0.5) is 0 Å². The van der Waals surface area contributed by atoms with Crippen molar-refractivity contribution in [2.24, 2.45) is 0 Å². The number of hydrogen-bond donors (Lipinski definition) is 1. The molecule has 0 unspecified atom stereocenters. The Balaban J connectivity index is 0.00000128. The minimum atomic E-state index is 0. The summed E-state index contributed by atoms with van der Waals surface area (Å²) in [5, 5.41) is 3.73. The summed E-state index contributed by atoms with van der Waals surface area (Å²) in [5.41, 5.74) is 0.866. The lowest BCUT2D eigenvalue weighted by atomic mass is 10.1. The Labute approximate surface area is 106 Å². The van der Waals surface area contributed by atoms with Gasteiger partial charge in [-0.15, -0.1) is 12.4 Å². The zero-order chi connectivity index (χ0) is 10.7. The molecule has 0 saturated carbocycles. The van der Waals surface area contributed by atoms with E-state index in [0.717, 1.165) is 31.5 Å². The molecule has 1 fully saturated rings. The molecule has 0 amide bonds. The van der Waals surface area contributed by atoms with E-state index in [2.05, 4.69) is 15.3 Å². The van der Waals surface area contributed by atoms with Crippen molar-refractivity contribution in [1.29, 1.82) is 0 Å². The van der Waals surface area contributed by atoms with Crippen LogP contribution in [-0.4, -0.2) is 29.2 Å². The first-order valence-corrected chi connectivity index (χ1v) is 5.50. The summed E-state index contributed by atoms with van der Waals surface area (Å²) in [4.78, 5) is 8.16. The number of nitrogens with one attached hydrogen (secondary N) is 1. The van der Waals surface area contributed by atoms with Crippen LogP contribution in [0.3, 0.4) is 0 Å². The zero-order valence-corrected chi connectivity index (χ0v) is 10.6. The molecule has 90 valence electrons. The predicted octanol–water partition coefficient (Wildman–Crippen LogP) is 1.99. The molecule has 1 atom stereocenters. The van der Waals surface area contributed by atoms with Gasteiger partial charge in [0.15, 0.2) is 0 Å². The fourth-order valence-electron chi connectivity index (χ4n) is 1.53. The van der Waals surface area contributed by atoms with Crippen LogP contribution < -0.4 is 10.1 Å². The highest BCUT2D eigenvalue weighted by Crippen LogP contribution is 2.16. The Hall–Kier alpha value is -0.580. The Kier molecular flexibility index (Phi) is 5.25. The van der Waals surface area contributed by atoms with Gasteiger partial charge in [-0.1, -0.05) is 11.6 Å². The van der Waals surface area contributed by atoms with Crippen LogP contribution in [0.25, 0.3) is 0 Å². The van der Waals surface area contributed by atoms with Gasteiger partial charge in [0.05, 0.1) is 0 Å². The average molecular weight is 264 g/mol. The highest BCUT2D eigenvalue weighted by Gasteiger charge is 2.15. The number of hydrogen-bond acceptors (Lipinski definition) is 4. The van der Waals surface area contributed by atoms with Crippen molar-refractivity contribution in [3.05, 3.63) is 16.9 Å². The van der Waals surface area contributed by atoms with Gasteiger partial charge in [-0.3, -0.25) is 0 Å². The average Bonchev–Trinajstić information content (AvgIpc) is 2.25. The normalized spacial score (nSPS) is 20.0. The predicted molar refractivity (Wildman–Crippen MR) is 65.5 cm³/mol. The molecule has 0 radical (unpaired) electrons. The molecule has 1 aliphatic rings. The smallest absolute Gasteiger partial charge is 0.318 e. The van der Waals surface area contributed by atoms with Crippen LogP contribution in [-0.2, 0) is 0 Å². The number of halogens is 2. The molecule has 1 saturated heterocycles. The quantitative estimate of drug-likeness (QED) is 0.830. The lowest BCUT2D eigenvalue weighted by molar-refractivity contribution is 0.153. The van der Waals surface area contributed by atoms with E-state index in [4.69, 9.17) is 16.3 Å². The summed E-state index contributed by atoms with van der Waals surface area (Å²) < 4.78 is 5.62. The van der Waals surface area contributed by atoms with E-state index in [-0.39, 0.29) is 18.5 Å². The minimum Gasteiger partial charge on any atom is -0.459 e. The monoisotopic (exact) mass is 263 g/mol. The van der Waals surface area contributed by atoms with Crippen molar-refractivity contribution in [2.45, 2.75) is 25.9 Å². The van der Waals surface area contributed by atoms with Crippen LogP contribution in [0.2, 0.25) is 5.15 Å². The number of nitrogens with zero attached hydrogens (tertiary/aromatic N) is 2. The van der Waals surface area contributed by atoms with E-state index >= 15 is 0 Å². The van der Waals surface area contributed by atoms with Gasteiger partial charge in [0.2, 0.25) is 0 Å². The van der Waals surface area contributed by atoms with Gasteiger partial charge < -0.3 is 10.1 Å². The Bertz CT molecular complexity index is 343. The zero-order valence-electron chi connectivity index (χ0n) is 9.07. The van der Waals surface area contributed by atoms with Gasteiger partial charge in [-0.25, -0.2) is 4.98 Å². The van der Waals surface area contributed by atoms with Gasteiger partial charge in [0.1, 0.15) is 11.3 Å². The molecule has 0 aromatic carbocycles. The van der Waals surface area contributed by atoms with Crippen molar-refractivity contribution in [2.75, 3.05) is 13.1 Å². The SMILES string of the molecule is Cc1cnc(O[C@H]2CCCNC2)nc1Cl.Cl. The lowest BCUT2D eigenvalue weighted by Gasteiger charge is -2.22. The molecule has 2 heterocycles. The first-order chi connectivity index (χ1) is 7.25. The van der Waals surface area contributed by atoms with Crippen molar-refractivity contribution >= 4 is 24.0 Å². The first kappa shape index (κ1) is 13.5. The van der Waals surface area contributed by atoms with Gasteiger partial charge in [0, 0.05) is 18.3 Å². The summed E-state index contributed by atoms with van der Waals surface area (Å²) in [5.74, 6) is 0. The fraction of sp³-hybridized carbons (Fsp3) is 0.600. The second-order valence-electron chi connectivity index (χ2n) is 3.71. The van der Waals surface area contributed by atoms with Crippen LogP contribution in [0.5, 0.6) is 6.01 Å². The third-order valence-electron chi connectivity index (χ3n) is 2.41.